The van der Waals surface area contributed by atoms with E-state index in [0.717, 1.165) is 22.0 Å². The third kappa shape index (κ3) is 2.93. The Labute approximate surface area is 137 Å². The van der Waals surface area contributed by atoms with Crippen molar-refractivity contribution >= 4 is 45.3 Å². The Kier molecular flexibility index (Phi) is 3.92. The molecule has 104 valence electrons. The third-order valence-electron chi connectivity index (χ3n) is 3.45. The maximum absolute atomic E-state index is 10.1. The van der Waals surface area contributed by atoms with Crippen LogP contribution >= 0.6 is 22.6 Å². The molecule has 3 rings (SSSR count). The molecule has 0 aliphatic heterocycles. The first-order valence-corrected chi connectivity index (χ1v) is 7.74. The van der Waals surface area contributed by atoms with Crippen LogP contribution in [0, 0.1) is 10.5 Å². The molecule has 0 aliphatic carbocycles. The van der Waals surface area contributed by atoms with Crippen molar-refractivity contribution in [2.45, 2.75) is 6.92 Å². The van der Waals surface area contributed by atoms with E-state index >= 15 is 0 Å². The Balaban J connectivity index is 2.06. The fourth-order valence-electron chi connectivity index (χ4n) is 2.22. The molecule has 0 amide bonds. The van der Waals surface area contributed by atoms with E-state index in [1.165, 1.54) is 9.13 Å². The largest absolute Gasteiger partial charge is 0.507 e. The van der Waals surface area contributed by atoms with E-state index in [2.05, 4.69) is 40.6 Å². The predicted molar refractivity (Wildman–Crippen MR) is 96.8 cm³/mol. The lowest BCUT2D eigenvalue weighted by molar-refractivity contribution is 0.475. The van der Waals surface area contributed by atoms with Gasteiger partial charge in [0.15, 0.2) is 0 Å². The summed E-state index contributed by atoms with van der Waals surface area (Å²) in [5.74, 6) is 0.249. The second-order valence-electron chi connectivity index (χ2n) is 4.91. The van der Waals surface area contributed by atoms with E-state index in [9.17, 15) is 5.11 Å². The molecular formula is C18H14INO. The Bertz CT molecular complexity index is 840. The summed E-state index contributed by atoms with van der Waals surface area (Å²) in [4.78, 5) is 4.50. The maximum atomic E-state index is 10.1. The number of aromatic hydroxyl groups is 1. The molecule has 0 aliphatic rings. The van der Waals surface area contributed by atoms with Crippen molar-refractivity contribution in [3.63, 3.8) is 0 Å². The highest BCUT2D eigenvalue weighted by molar-refractivity contribution is 14.1. The van der Waals surface area contributed by atoms with Crippen LogP contribution in [0.4, 0.5) is 5.69 Å². The number of halogens is 1. The zero-order valence-corrected chi connectivity index (χ0v) is 13.7. The zero-order chi connectivity index (χ0) is 14.8. The molecule has 1 N–H and O–H groups in total. The monoisotopic (exact) mass is 387 g/mol. The van der Waals surface area contributed by atoms with Gasteiger partial charge in [0.2, 0.25) is 0 Å². The fraction of sp³-hybridized carbons (Fsp3) is 0.0556. The average molecular weight is 387 g/mol. The number of aryl methyl sites for hydroxylation is 1. The molecule has 0 saturated carbocycles. The molecule has 0 radical (unpaired) electrons. The van der Waals surface area contributed by atoms with Crippen molar-refractivity contribution in [3.8, 4) is 5.75 Å². The summed E-state index contributed by atoms with van der Waals surface area (Å²) in [5, 5.41) is 12.2. The number of fused-ring (bicyclic) bond motifs is 1. The molecule has 0 spiro atoms. The van der Waals surface area contributed by atoms with Crippen LogP contribution in [0.2, 0.25) is 0 Å². The van der Waals surface area contributed by atoms with Crippen LogP contribution in [0.25, 0.3) is 10.8 Å². The Morgan fingerprint density at radius 3 is 2.67 bits per heavy atom. The number of phenolic OH excluding ortho intramolecular Hbond substituents is 1. The van der Waals surface area contributed by atoms with E-state index in [0.29, 0.717) is 0 Å². The van der Waals surface area contributed by atoms with Gasteiger partial charge < -0.3 is 5.11 Å². The predicted octanol–water partition coefficient (Wildman–Crippen LogP) is 5.21. The van der Waals surface area contributed by atoms with Gasteiger partial charge in [0, 0.05) is 15.3 Å². The van der Waals surface area contributed by atoms with Crippen molar-refractivity contribution in [2.75, 3.05) is 0 Å². The second-order valence-corrected chi connectivity index (χ2v) is 6.07. The first kappa shape index (κ1) is 14.1. The van der Waals surface area contributed by atoms with Crippen molar-refractivity contribution in [1.82, 2.24) is 0 Å². The number of nitrogens with zero attached hydrogens (tertiary/aromatic N) is 1. The number of hydrogen-bond acceptors (Lipinski definition) is 2. The summed E-state index contributed by atoms with van der Waals surface area (Å²) in [6.07, 6.45) is 1.73. The molecule has 0 bridgehead atoms. The SMILES string of the molecule is Cc1ccc(N=Cc2c(O)ccc3ccccc23)cc1I. The average Bonchev–Trinajstić information content (AvgIpc) is 2.50. The van der Waals surface area contributed by atoms with Crippen LogP contribution < -0.4 is 0 Å². The fourth-order valence-corrected chi connectivity index (χ4v) is 2.72. The van der Waals surface area contributed by atoms with Crippen molar-refractivity contribution < 1.29 is 5.11 Å². The van der Waals surface area contributed by atoms with Gasteiger partial charge in [-0.2, -0.15) is 0 Å². The molecule has 2 nitrogen and oxygen atoms in total. The normalized spacial score (nSPS) is 11.3. The molecule has 3 aromatic rings. The van der Waals surface area contributed by atoms with Crippen molar-refractivity contribution in [2.24, 2.45) is 4.99 Å². The van der Waals surface area contributed by atoms with Gasteiger partial charge in [0.25, 0.3) is 0 Å². The molecule has 0 saturated heterocycles. The summed E-state index contributed by atoms with van der Waals surface area (Å²) in [6, 6.07) is 17.7. The first-order valence-electron chi connectivity index (χ1n) is 6.66. The lowest BCUT2D eigenvalue weighted by Gasteiger charge is -2.05. The zero-order valence-electron chi connectivity index (χ0n) is 11.5. The molecular weight excluding hydrogens is 373 g/mol. The molecule has 0 heterocycles. The lowest BCUT2D eigenvalue weighted by Crippen LogP contribution is -1.86. The number of benzene rings is 3. The minimum absolute atomic E-state index is 0.249. The smallest absolute Gasteiger partial charge is 0.124 e. The van der Waals surface area contributed by atoms with Crippen LogP contribution in [0.1, 0.15) is 11.1 Å². The van der Waals surface area contributed by atoms with Crippen LogP contribution in [-0.4, -0.2) is 11.3 Å². The van der Waals surface area contributed by atoms with Gasteiger partial charge in [-0.1, -0.05) is 36.4 Å². The van der Waals surface area contributed by atoms with Crippen molar-refractivity contribution in [3.05, 3.63) is 69.3 Å². The van der Waals surface area contributed by atoms with Crippen LogP contribution in [0.5, 0.6) is 5.75 Å². The van der Waals surface area contributed by atoms with Gasteiger partial charge in [0.1, 0.15) is 5.75 Å². The van der Waals surface area contributed by atoms with E-state index in [-0.39, 0.29) is 5.75 Å². The Morgan fingerprint density at radius 2 is 1.86 bits per heavy atom. The molecule has 21 heavy (non-hydrogen) atoms. The van der Waals surface area contributed by atoms with Gasteiger partial charge >= 0.3 is 0 Å². The summed E-state index contributed by atoms with van der Waals surface area (Å²) >= 11 is 2.30. The minimum Gasteiger partial charge on any atom is -0.507 e. The topological polar surface area (TPSA) is 32.6 Å². The lowest BCUT2D eigenvalue weighted by atomic mass is 10.0. The van der Waals surface area contributed by atoms with Gasteiger partial charge in [-0.3, -0.25) is 4.99 Å². The molecule has 0 fully saturated rings. The summed E-state index contributed by atoms with van der Waals surface area (Å²) in [7, 11) is 0. The van der Waals surface area contributed by atoms with Gasteiger partial charge in [-0.15, -0.1) is 0 Å². The minimum atomic E-state index is 0.249. The van der Waals surface area contributed by atoms with Gasteiger partial charge in [0.05, 0.1) is 5.69 Å². The molecule has 0 atom stereocenters. The number of phenols is 1. The molecule has 3 aromatic carbocycles. The van der Waals surface area contributed by atoms with Crippen LogP contribution in [0.15, 0.2) is 59.6 Å². The van der Waals surface area contributed by atoms with Crippen molar-refractivity contribution in [1.29, 1.82) is 0 Å². The first-order chi connectivity index (χ1) is 10.1. The quantitative estimate of drug-likeness (QED) is 0.475. The Morgan fingerprint density at radius 1 is 1.05 bits per heavy atom. The number of hydrogen-bond donors (Lipinski definition) is 1. The van der Waals surface area contributed by atoms with Gasteiger partial charge in [-0.25, -0.2) is 0 Å². The second kappa shape index (κ2) is 5.85. The molecule has 3 heteroatoms. The van der Waals surface area contributed by atoms with Gasteiger partial charge in [-0.05, 0) is 64.0 Å². The van der Waals surface area contributed by atoms with Crippen LogP contribution in [-0.2, 0) is 0 Å². The van der Waals surface area contributed by atoms with E-state index < -0.39 is 0 Å². The van der Waals surface area contributed by atoms with E-state index in [4.69, 9.17) is 0 Å². The molecule has 0 aromatic heterocycles. The Hall–Kier alpha value is -1.88. The van der Waals surface area contributed by atoms with E-state index in [1.54, 1.807) is 12.3 Å². The highest BCUT2D eigenvalue weighted by Gasteiger charge is 2.04. The summed E-state index contributed by atoms with van der Waals surface area (Å²) in [5.41, 5.74) is 2.88. The summed E-state index contributed by atoms with van der Waals surface area (Å²) in [6.45, 7) is 2.08. The van der Waals surface area contributed by atoms with Crippen LogP contribution in [0.3, 0.4) is 0 Å². The van der Waals surface area contributed by atoms with E-state index in [1.807, 2.05) is 42.5 Å². The number of aliphatic imine (C=N–C) groups is 1. The number of rotatable bonds is 2. The highest BCUT2D eigenvalue weighted by atomic mass is 127. The highest BCUT2D eigenvalue weighted by Crippen LogP contribution is 2.26. The third-order valence-corrected chi connectivity index (χ3v) is 4.61. The maximum Gasteiger partial charge on any atom is 0.124 e. The summed E-state index contributed by atoms with van der Waals surface area (Å²) < 4.78 is 1.18. The molecule has 0 unspecified atom stereocenters. The standard InChI is InChI=1S/C18H14INO/c1-12-6-8-14(10-17(12)19)20-11-16-15-5-3-2-4-13(15)7-9-18(16)21/h2-11,21H,1H3.